The third kappa shape index (κ3) is 2.12. The van der Waals surface area contributed by atoms with Gasteiger partial charge >= 0.3 is 0 Å². The summed E-state index contributed by atoms with van der Waals surface area (Å²) in [6, 6.07) is 0.610. The van der Waals surface area contributed by atoms with Crippen molar-refractivity contribution in [2.45, 2.75) is 65.3 Å². The van der Waals surface area contributed by atoms with E-state index in [1.807, 2.05) is 0 Å². The van der Waals surface area contributed by atoms with E-state index in [-0.39, 0.29) is 5.41 Å². The number of amidine groups is 1. The molecule has 0 aromatic heterocycles. The zero-order valence-corrected chi connectivity index (χ0v) is 13.1. The highest BCUT2D eigenvalue weighted by Gasteiger charge is 2.59. The molecule has 20 heavy (non-hydrogen) atoms. The predicted molar refractivity (Wildman–Crippen MR) is 80.7 cm³/mol. The summed E-state index contributed by atoms with van der Waals surface area (Å²) >= 11 is 0. The molecule has 0 aromatic rings. The van der Waals surface area contributed by atoms with Crippen molar-refractivity contribution in [2.24, 2.45) is 33.1 Å². The van der Waals surface area contributed by atoms with Crippen molar-refractivity contribution in [3.63, 3.8) is 0 Å². The second-order valence-corrected chi connectivity index (χ2v) is 8.50. The molecule has 0 amide bonds. The van der Waals surface area contributed by atoms with Crippen molar-refractivity contribution in [3.8, 4) is 0 Å². The van der Waals surface area contributed by atoms with E-state index in [1.54, 1.807) is 0 Å². The van der Waals surface area contributed by atoms with Gasteiger partial charge in [0, 0.05) is 19.0 Å². The van der Waals surface area contributed by atoms with Gasteiger partial charge in [-0.15, -0.1) is 0 Å². The van der Waals surface area contributed by atoms with E-state index in [4.69, 9.17) is 10.9 Å². The highest BCUT2D eigenvalue weighted by atomic mass is 16.4. The number of hydrogen-bond acceptors (Lipinski definition) is 3. The molecule has 3 unspecified atom stereocenters. The minimum Gasteiger partial charge on any atom is -0.409 e. The van der Waals surface area contributed by atoms with Gasteiger partial charge in [-0.05, 0) is 54.3 Å². The minimum absolute atomic E-state index is 0.255. The van der Waals surface area contributed by atoms with Crippen LogP contribution in [0.5, 0.6) is 0 Å². The van der Waals surface area contributed by atoms with Gasteiger partial charge in [-0.1, -0.05) is 25.9 Å². The Bertz CT molecular complexity index is 423. The second-order valence-electron chi connectivity index (χ2n) is 8.50. The van der Waals surface area contributed by atoms with Crippen LogP contribution in [0.25, 0.3) is 0 Å². The van der Waals surface area contributed by atoms with Crippen molar-refractivity contribution >= 4 is 5.84 Å². The first-order chi connectivity index (χ1) is 9.31. The Morgan fingerprint density at radius 2 is 2.00 bits per heavy atom. The molecule has 0 aromatic carbocycles. The third-order valence-electron chi connectivity index (χ3n) is 6.59. The van der Waals surface area contributed by atoms with Crippen LogP contribution < -0.4 is 11.1 Å². The van der Waals surface area contributed by atoms with Gasteiger partial charge in [-0.25, -0.2) is 0 Å². The number of nitrogens with zero attached hydrogens (tertiary/aromatic N) is 1. The lowest BCUT2D eigenvalue weighted by molar-refractivity contribution is 0.104. The smallest absolute Gasteiger partial charge is 0.139 e. The predicted octanol–water partition coefficient (Wildman–Crippen LogP) is 2.71. The Labute approximate surface area is 122 Å². The number of rotatable bonds is 5. The third-order valence-corrected chi connectivity index (χ3v) is 6.59. The lowest BCUT2D eigenvalue weighted by Gasteiger charge is -2.44. The van der Waals surface area contributed by atoms with Crippen LogP contribution in [0.15, 0.2) is 5.16 Å². The van der Waals surface area contributed by atoms with Gasteiger partial charge in [0.05, 0.1) is 0 Å². The van der Waals surface area contributed by atoms with Gasteiger partial charge in [-0.3, -0.25) is 0 Å². The van der Waals surface area contributed by atoms with Crippen LogP contribution in [-0.2, 0) is 0 Å². The molecule has 0 spiro atoms. The molecule has 0 saturated heterocycles. The second kappa shape index (κ2) is 4.36. The molecular weight excluding hydrogens is 250 g/mol. The van der Waals surface area contributed by atoms with Gasteiger partial charge in [0.2, 0.25) is 0 Å². The fourth-order valence-electron chi connectivity index (χ4n) is 5.14. The number of fused-ring (bicyclic) bond motifs is 2. The Morgan fingerprint density at radius 3 is 2.50 bits per heavy atom. The van der Waals surface area contributed by atoms with Gasteiger partial charge < -0.3 is 16.3 Å². The molecule has 114 valence electrons. The first kappa shape index (κ1) is 14.2. The average Bonchev–Trinajstić information content (AvgIpc) is 2.95. The summed E-state index contributed by atoms with van der Waals surface area (Å²) in [5.74, 6) is 1.26. The number of nitrogens with two attached hydrogens (primary N) is 1. The van der Waals surface area contributed by atoms with E-state index in [1.165, 1.54) is 32.1 Å². The molecule has 3 aliphatic carbocycles. The molecule has 4 heteroatoms. The highest BCUT2D eigenvalue weighted by Crippen LogP contribution is 2.62. The standard InChI is InChI=1S/C16H29N3O/c1-14(2)11-4-5-15(3,8-11)13(14)18-10-16(6-7-16)9-12(17)19-20/h11,13,18,20H,4-10H2,1-3H3,(H2,17,19). The molecule has 3 fully saturated rings. The van der Waals surface area contributed by atoms with Crippen molar-refractivity contribution in [3.05, 3.63) is 0 Å². The maximum Gasteiger partial charge on any atom is 0.139 e. The van der Waals surface area contributed by atoms with Crippen molar-refractivity contribution in [1.29, 1.82) is 0 Å². The largest absolute Gasteiger partial charge is 0.409 e. The van der Waals surface area contributed by atoms with Crippen molar-refractivity contribution < 1.29 is 5.21 Å². The zero-order chi connectivity index (χ0) is 14.6. The molecular formula is C16H29N3O. The Hall–Kier alpha value is -0.770. The van der Waals surface area contributed by atoms with E-state index in [2.05, 4.69) is 31.2 Å². The molecule has 0 aliphatic heterocycles. The molecule has 3 atom stereocenters. The van der Waals surface area contributed by atoms with Crippen LogP contribution >= 0.6 is 0 Å². The van der Waals surface area contributed by atoms with Crippen LogP contribution in [0.2, 0.25) is 0 Å². The lowest BCUT2D eigenvalue weighted by Crippen LogP contribution is -2.51. The normalized spacial score (nSPS) is 41.0. The molecule has 4 nitrogen and oxygen atoms in total. The summed E-state index contributed by atoms with van der Waals surface area (Å²) in [5, 5.41) is 15.8. The average molecular weight is 279 g/mol. The highest BCUT2D eigenvalue weighted by molar-refractivity contribution is 5.80. The maximum absolute atomic E-state index is 8.76. The van der Waals surface area contributed by atoms with Crippen molar-refractivity contribution in [1.82, 2.24) is 5.32 Å². The summed E-state index contributed by atoms with van der Waals surface area (Å²) in [6.07, 6.45) is 7.27. The Morgan fingerprint density at radius 1 is 1.30 bits per heavy atom. The minimum atomic E-state index is 0.255. The Kier molecular flexibility index (Phi) is 3.09. The topological polar surface area (TPSA) is 70.6 Å². The summed E-state index contributed by atoms with van der Waals surface area (Å²) in [7, 11) is 0. The lowest BCUT2D eigenvalue weighted by atomic mass is 9.68. The van der Waals surface area contributed by atoms with Crippen LogP contribution in [0.4, 0.5) is 0 Å². The van der Waals surface area contributed by atoms with Gasteiger partial charge in [0.25, 0.3) is 0 Å². The molecule has 3 saturated carbocycles. The van der Waals surface area contributed by atoms with Crippen LogP contribution in [0.3, 0.4) is 0 Å². The Balaban J connectivity index is 1.64. The fourth-order valence-corrected chi connectivity index (χ4v) is 5.14. The first-order valence-electron chi connectivity index (χ1n) is 8.01. The summed E-state index contributed by atoms with van der Waals surface area (Å²) < 4.78 is 0. The molecule has 2 bridgehead atoms. The number of oxime groups is 1. The summed E-state index contributed by atoms with van der Waals surface area (Å²) in [6.45, 7) is 8.34. The molecule has 0 heterocycles. The quantitative estimate of drug-likeness (QED) is 0.314. The SMILES string of the molecule is CC12CCC(C1)C(C)(C)C2NCC1(CC(N)=NO)CC1. The van der Waals surface area contributed by atoms with E-state index < -0.39 is 0 Å². The van der Waals surface area contributed by atoms with E-state index in [0.717, 1.165) is 18.9 Å². The number of nitrogens with one attached hydrogen (secondary N) is 1. The maximum atomic E-state index is 8.76. The van der Waals surface area contributed by atoms with Crippen LogP contribution in [-0.4, -0.2) is 23.6 Å². The monoisotopic (exact) mass is 279 g/mol. The van der Waals surface area contributed by atoms with Gasteiger partial charge in [-0.2, -0.15) is 0 Å². The summed E-state index contributed by atoms with van der Waals surface area (Å²) in [4.78, 5) is 0. The fraction of sp³-hybridized carbons (Fsp3) is 0.938. The number of hydrogen-bond donors (Lipinski definition) is 3. The van der Waals surface area contributed by atoms with Crippen LogP contribution in [0.1, 0.15) is 59.3 Å². The van der Waals surface area contributed by atoms with E-state index in [0.29, 0.717) is 22.7 Å². The molecule has 3 aliphatic rings. The van der Waals surface area contributed by atoms with Gasteiger partial charge in [0.1, 0.15) is 5.84 Å². The molecule has 0 radical (unpaired) electrons. The first-order valence-corrected chi connectivity index (χ1v) is 8.01. The van der Waals surface area contributed by atoms with Crippen molar-refractivity contribution in [2.75, 3.05) is 6.54 Å². The molecule has 4 N–H and O–H groups in total. The summed E-state index contributed by atoms with van der Waals surface area (Å²) in [5.41, 5.74) is 6.82. The molecule has 3 rings (SSSR count). The van der Waals surface area contributed by atoms with Gasteiger partial charge in [0.15, 0.2) is 0 Å². The van der Waals surface area contributed by atoms with E-state index >= 15 is 0 Å². The van der Waals surface area contributed by atoms with E-state index in [9.17, 15) is 0 Å². The van der Waals surface area contributed by atoms with Crippen LogP contribution in [0, 0.1) is 22.2 Å². The zero-order valence-electron chi connectivity index (χ0n) is 13.1.